The van der Waals surface area contributed by atoms with Crippen molar-refractivity contribution in [3.63, 3.8) is 0 Å². The van der Waals surface area contributed by atoms with Crippen LogP contribution in [0.1, 0.15) is 6.92 Å². The van der Waals surface area contributed by atoms with Crippen LogP contribution in [0.3, 0.4) is 0 Å². The zero-order chi connectivity index (χ0) is 8.78. The van der Waals surface area contributed by atoms with E-state index in [0.29, 0.717) is 0 Å². The fraction of sp³-hybridized carbons (Fsp3) is 1.00. The lowest BCUT2D eigenvalue weighted by atomic mass is 10.7. The molecule has 0 aromatic rings. The van der Waals surface area contributed by atoms with Gasteiger partial charge in [0.2, 0.25) is 0 Å². The molecule has 0 aliphatic rings. The third-order valence-electron chi connectivity index (χ3n) is 0.707. The quantitative estimate of drug-likeness (QED) is 0.358. The first-order chi connectivity index (χ1) is 4.27. The molecule has 0 aliphatic heterocycles. The molecule has 0 heterocycles. The molecule has 0 fully saturated rings. The average molecular weight is 170 g/mol. The minimum Gasteiger partial charge on any atom is -0.759 e. The summed E-state index contributed by atoms with van der Waals surface area (Å²) >= 11 is 0. The van der Waals surface area contributed by atoms with Crippen LogP contribution in [0, 0.1) is 0 Å². The molecular weight excluding hydrogens is 158 g/mol. The maximum Gasteiger partial charge on any atom is 0.0738 e. The normalized spacial score (nSPS) is 10.6. The summed E-state index contributed by atoms with van der Waals surface area (Å²) in [6.45, 7) is 3.38. The van der Waals surface area contributed by atoms with Crippen molar-refractivity contribution in [2.75, 3.05) is 20.6 Å². The van der Waals surface area contributed by atoms with Gasteiger partial charge >= 0.3 is 0 Å². The van der Waals surface area contributed by atoms with E-state index < -0.39 is 10.4 Å². The van der Waals surface area contributed by atoms with E-state index in [1.807, 2.05) is 0 Å². The van der Waals surface area contributed by atoms with E-state index >= 15 is 0 Å². The fourth-order valence-electron chi connectivity index (χ4n) is 0. The highest BCUT2D eigenvalue weighted by Crippen LogP contribution is 1.57. The molecule has 0 aromatic heterocycles. The molecule has 0 atom stereocenters. The summed E-state index contributed by atoms with van der Waals surface area (Å²) in [6.07, 6.45) is 0. The molecule has 0 bridgehead atoms. The van der Waals surface area contributed by atoms with Gasteiger partial charge in [-0.2, -0.15) is 0 Å². The van der Waals surface area contributed by atoms with E-state index in [0.717, 1.165) is 0 Å². The van der Waals surface area contributed by atoms with Gasteiger partial charge in [-0.1, -0.05) is 0 Å². The van der Waals surface area contributed by atoms with Crippen LogP contribution in [0.5, 0.6) is 0 Å². The Morgan fingerprint density at radius 3 is 1.40 bits per heavy atom. The summed E-state index contributed by atoms with van der Waals surface area (Å²) < 4.78 is 34.1. The summed E-state index contributed by atoms with van der Waals surface area (Å²) in [5, 5.41) is 0. The highest BCUT2D eigenvalue weighted by atomic mass is 32.3. The summed E-state index contributed by atoms with van der Waals surface area (Å²) in [4.78, 5) is 1.50. The first-order valence-corrected chi connectivity index (χ1v) is 4.06. The lowest BCUT2D eigenvalue weighted by molar-refractivity contribution is -0.856. The minimum absolute atomic E-state index is 1.22. The molecule has 10 heavy (non-hydrogen) atoms. The van der Waals surface area contributed by atoms with Crippen LogP contribution in [-0.2, 0) is 10.4 Å². The van der Waals surface area contributed by atoms with E-state index in [-0.39, 0.29) is 0 Å². The third-order valence-corrected chi connectivity index (χ3v) is 0.707. The molecule has 0 unspecified atom stereocenters. The molecule has 1 N–H and O–H groups in total. The minimum atomic E-state index is -5.17. The molecule has 0 aliphatic carbocycles. The first kappa shape index (κ1) is 12.5. The van der Waals surface area contributed by atoms with Crippen molar-refractivity contribution in [3.8, 4) is 0 Å². The number of rotatable bonds is 1. The second kappa shape index (κ2) is 5.60. The number of nitrogens with one attached hydrogen (secondary N) is 1. The molecule has 5 nitrogen and oxygen atoms in total. The van der Waals surface area contributed by atoms with E-state index in [2.05, 4.69) is 21.0 Å². The predicted octanol–water partition coefficient (Wildman–Crippen LogP) is -2.19. The number of quaternary nitrogens is 1. The second-order valence-corrected chi connectivity index (χ2v) is 2.79. The van der Waals surface area contributed by atoms with Gasteiger partial charge in [0, 0.05) is 10.4 Å². The van der Waals surface area contributed by atoms with Gasteiger partial charge < -0.3 is 14.0 Å². The number of hydrogen-bond acceptors (Lipinski definition) is 4. The van der Waals surface area contributed by atoms with Crippen LogP contribution in [0.15, 0.2) is 0 Å². The highest BCUT2D eigenvalue weighted by Gasteiger charge is 1.75. The molecule has 0 aromatic carbocycles. The Balaban J connectivity index is 0. The van der Waals surface area contributed by atoms with Crippen molar-refractivity contribution in [2.24, 2.45) is 0 Å². The highest BCUT2D eigenvalue weighted by molar-refractivity contribution is 7.79. The fourth-order valence-corrected chi connectivity index (χ4v) is 0. The van der Waals surface area contributed by atoms with Crippen LogP contribution in [-0.4, -0.2) is 38.2 Å². The Kier molecular flexibility index (Phi) is 7.00. The van der Waals surface area contributed by atoms with Gasteiger partial charge in [0.05, 0.1) is 20.6 Å². The van der Waals surface area contributed by atoms with Crippen molar-refractivity contribution in [1.82, 2.24) is 0 Å². The van der Waals surface area contributed by atoms with Crippen molar-refractivity contribution in [2.45, 2.75) is 6.92 Å². The van der Waals surface area contributed by atoms with Gasteiger partial charge in [0.15, 0.2) is 0 Å². The summed E-state index contributed by atoms with van der Waals surface area (Å²) in [7, 11) is -0.889. The maximum absolute atomic E-state index is 8.52. The molecule has 6 heteroatoms. The maximum atomic E-state index is 8.52. The van der Waals surface area contributed by atoms with Gasteiger partial charge in [0.1, 0.15) is 0 Å². The lowest BCUT2D eigenvalue weighted by Crippen LogP contribution is -3.05. The average Bonchev–Trinajstić information content (AvgIpc) is 1.61. The Bertz CT molecular complexity index is 143. The standard InChI is InChI=1S/C4H11N.H2O4S/c1-4-5(2)3;1-5(2,3)4/h4H2,1-3H3;(H2,1,2,3,4)/p-1. The molecule has 0 amide bonds. The van der Waals surface area contributed by atoms with Crippen molar-refractivity contribution >= 4 is 10.4 Å². The molecular formula is C4H12NO4S-. The summed E-state index contributed by atoms with van der Waals surface area (Å²) in [5.41, 5.74) is 0. The van der Waals surface area contributed by atoms with Gasteiger partial charge in [0.25, 0.3) is 0 Å². The van der Waals surface area contributed by atoms with Crippen LogP contribution in [0.25, 0.3) is 0 Å². The SMILES string of the molecule is CC[NH+](C)C.O=S(=O)([O-])[O-]. The molecule has 0 saturated heterocycles. The van der Waals surface area contributed by atoms with Crippen molar-refractivity contribution < 1.29 is 22.4 Å². The third kappa shape index (κ3) is 109. The van der Waals surface area contributed by atoms with Gasteiger partial charge in [-0.05, 0) is 6.92 Å². The summed E-state index contributed by atoms with van der Waals surface area (Å²) in [6, 6.07) is 0. The Morgan fingerprint density at radius 2 is 1.40 bits per heavy atom. The van der Waals surface area contributed by atoms with Crippen molar-refractivity contribution in [3.05, 3.63) is 0 Å². The monoisotopic (exact) mass is 170 g/mol. The summed E-state index contributed by atoms with van der Waals surface area (Å²) in [5.74, 6) is 0. The Labute approximate surface area is 61.2 Å². The first-order valence-electron chi connectivity index (χ1n) is 2.73. The smallest absolute Gasteiger partial charge is 0.0738 e. The predicted molar refractivity (Wildman–Crippen MR) is 33.8 cm³/mol. The lowest BCUT2D eigenvalue weighted by Gasteiger charge is -2.06. The van der Waals surface area contributed by atoms with Crippen LogP contribution in [0.4, 0.5) is 0 Å². The molecule has 64 valence electrons. The number of hydrogen-bond donors (Lipinski definition) is 1. The largest absolute Gasteiger partial charge is 0.759 e. The van der Waals surface area contributed by atoms with Crippen LogP contribution >= 0.6 is 0 Å². The van der Waals surface area contributed by atoms with Crippen molar-refractivity contribution in [1.29, 1.82) is 0 Å². The van der Waals surface area contributed by atoms with Gasteiger partial charge in [-0.25, -0.2) is 0 Å². The molecule has 0 spiro atoms. The van der Waals surface area contributed by atoms with E-state index in [1.165, 1.54) is 11.4 Å². The zero-order valence-corrected chi connectivity index (χ0v) is 7.06. The van der Waals surface area contributed by atoms with Crippen LogP contribution in [0.2, 0.25) is 0 Å². The van der Waals surface area contributed by atoms with Gasteiger partial charge in [-0.3, -0.25) is 8.42 Å². The topological polar surface area (TPSA) is 84.7 Å². The second-order valence-electron chi connectivity index (χ2n) is 1.97. The van der Waals surface area contributed by atoms with E-state index in [4.69, 9.17) is 17.5 Å². The van der Waals surface area contributed by atoms with E-state index in [9.17, 15) is 0 Å². The zero-order valence-electron chi connectivity index (χ0n) is 6.25. The Morgan fingerprint density at radius 1 is 1.30 bits per heavy atom. The molecule has 0 radical (unpaired) electrons. The van der Waals surface area contributed by atoms with E-state index in [1.54, 1.807) is 0 Å². The van der Waals surface area contributed by atoms with Crippen LogP contribution < -0.4 is 4.90 Å². The molecule has 0 rings (SSSR count). The Hall–Kier alpha value is -0.170. The van der Waals surface area contributed by atoms with Gasteiger partial charge in [-0.15, -0.1) is 0 Å². The molecule has 0 saturated carbocycles.